The molecule has 0 bridgehead atoms. The van der Waals surface area contributed by atoms with E-state index < -0.39 is 0 Å². The first kappa shape index (κ1) is 8.55. The molecule has 2 rings (SSSR count). The van der Waals surface area contributed by atoms with Crippen LogP contribution in [0.1, 0.15) is 44.9 Å². The summed E-state index contributed by atoms with van der Waals surface area (Å²) in [6.45, 7) is 2.58. The molecule has 0 spiro atoms. The van der Waals surface area contributed by atoms with Gasteiger partial charge in [-0.05, 0) is 44.2 Å². The highest BCUT2D eigenvalue weighted by atomic mass is 14.9. The zero-order chi connectivity index (χ0) is 8.23. The summed E-state index contributed by atoms with van der Waals surface area (Å²) in [6, 6.07) is 0. The fourth-order valence-electron chi connectivity index (χ4n) is 2.09. The summed E-state index contributed by atoms with van der Waals surface area (Å²) in [7, 11) is 0. The lowest BCUT2D eigenvalue weighted by atomic mass is 9.82. The van der Waals surface area contributed by atoms with Crippen molar-refractivity contribution >= 4 is 0 Å². The zero-order valence-corrected chi connectivity index (χ0v) is 8.02. The quantitative estimate of drug-likeness (QED) is 0.621. The first-order valence-electron chi connectivity index (χ1n) is 5.66. The molecule has 1 heteroatoms. The number of rotatable bonds is 5. The molecule has 2 saturated carbocycles. The van der Waals surface area contributed by atoms with Crippen LogP contribution in [-0.4, -0.2) is 13.1 Å². The molecular formula is C11H21N. The Bertz CT molecular complexity index is 109. The van der Waals surface area contributed by atoms with E-state index in [-0.39, 0.29) is 0 Å². The van der Waals surface area contributed by atoms with E-state index in [4.69, 9.17) is 0 Å². The smallest absolute Gasteiger partial charge is 0.00205 e. The maximum absolute atomic E-state index is 3.59. The van der Waals surface area contributed by atoms with Crippen LogP contribution in [0, 0.1) is 11.8 Å². The van der Waals surface area contributed by atoms with E-state index in [0.29, 0.717) is 0 Å². The maximum Gasteiger partial charge on any atom is -0.00205 e. The fourth-order valence-corrected chi connectivity index (χ4v) is 2.09. The van der Waals surface area contributed by atoms with Gasteiger partial charge in [-0.1, -0.05) is 25.7 Å². The molecule has 0 saturated heterocycles. The third-order valence-electron chi connectivity index (χ3n) is 3.61. The summed E-state index contributed by atoms with van der Waals surface area (Å²) in [5, 5.41) is 3.59. The van der Waals surface area contributed by atoms with Crippen LogP contribution in [0.5, 0.6) is 0 Å². The molecule has 0 amide bonds. The Kier molecular flexibility index (Phi) is 3.04. The lowest BCUT2D eigenvalue weighted by Gasteiger charge is -2.28. The highest BCUT2D eigenvalue weighted by Crippen LogP contribution is 2.29. The number of hydrogen-bond acceptors (Lipinski definition) is 1. The number of hydrogen-bond donors (Lipinski definition) is 1. The molecule has 0 unspecified atom stereocenters. The Morgan fingerprint density at radius 3 is 2.08 bits per heavy atom. The molecule has 0 aromatic carbocycles. The molecule has 1 N–H and O–H groups in total. The van der Waals surface area contributed by atoms with E-state index in [0.717, 1.165) is 11.8 Å². The van der Waals surface area contributed by atoms with Gasteiger partial charge in [0.2, 0.25) is 0 Å². The van der Waals surface area contributed by atoms with Crippen molar-refractivity contribution in [3.05, 3.63) is 0 Å². The largest absolute Gasteiger partial charge is 0.316 e. The van der Waals surface area contributed by atoms with Crippen LogP contribution in [-0.2, 0) is 0 Å². The molecule has 0 atom stereocenters. The molecule has 2 fully saturated rings. The zero-order valence-electron chi connectivity index (χ0n) is 8.02. The summed E-state index contributed by atoms with van der Waals surface area (Å²) < 4.78 is 0. The summed E-state index contributed by atoms with van der Waals surface area (Å²) >= 11 is 0. The molecule has 70 valence electrons. The minimum absolute atomic E-state index is 1.03. The van der Waals surface area contributed by atoms with Crippen molar-refractivity contribution < 1.29 is 0 Å². The van der Waals surface area contributed by atoms with Gasteiger partial charge in [0.15, 0.2) is 0 Å². The molecule has 1 nitrogen and oxygen atoms in total. The average Bonchev–Trinajstić information content (AvgIpc) is 1.88. The van der Waals surface area contributed by atoms with Crippen molar-refractivity contribution in [3.63, 3.8) is 0 Å². The minimum Gasteiger partial charge on any atom is -0.316 e. The Labute approximate surface area is 75.9 Å². The van der Waals surface area contributed by atoms with Gasteiger partial charge >= 0.3 is 0 Å². The standard InChI is InChI=1S/C11H21N/c1-3-10(4-1)7-8-12-9-11-5-2-6-11/h10-12H,1-9H2. The molecule has 2 aliphatic rings. The first-order chi connectivity index (χ1) is 5.95. The van der Waals surface area contributed by atoms with Gasteiger partial charge < -0.3 is 5.32 Å². The average molecular weight is 167 g/mol. The minimum atomic E-state index is 1.03. The third-order valence-corrected chi connectivity index (χ3v) is 3.61. The Morgan fingerprint density at radius 2 is 1.58 bits per heavy atom. The van der Waals surface area contributed by atoms with Crippen LogP contribution in [0.15, 0.2) is 0 Å². The van der Waals surface area contributed by atoms with Crippen molar-refractivity contribution in [2.24, 2.45) is 11.8 Å². The normalized spacial score (nSPS) is 25.0. The summed E-state index contributed by atoms with van der Waals surface area (Å²) in [4.78, 5) is 0. The molecular weight excluding hydrogens is 146 g/mol. The highest BCUT2D eigenvalue weighted by molar-refractivity contribution is 4.73. The Balaban J connectivity index is 1.40. The number of nitrogens with one attached hydrogen (secondary N) is 1. The molecule has 0 heterocycles. The topological polar surface area (TPSA) is 12.0 Å². The molecule has 0 radical (unpaired) electrons. The Morgan fingerprint density at radius 1 is 0.917 bits per heavy atom. The summed E-state index contributed by atoms with van der Waals surface area (Å²) in [5.41, 5.74) is 0. The second kappa shape index (κ2) is 4.27. The van der Waals surface area contributed by atoms with Gasteiger partial charge in [0, 0.05) is 0 Å². The van der Waals surface area contributed by atoms with E-state index in [2.05, 4.69) is 5.32 Å². The predicted molar refractivity (Wildman–Crippen MR) is 52.2 cm³/mol. The first-order valence-corrected chi connectivity index (χ1v) is 5.66. The predicted octanol–water partition coefficient (Wildman–Crippen LogP) is 2.57. The van der Waals surface area contributed by atoms with Gasteiger partial charge in [-0.2, -0.15) is 0 Å². The monoisotopic (exact) mass is 167 g/mol. The summed E-state index contributed by atoms with van der Waals surface area (Å²) in [6.07, 6.45) is 10.4. The van der Waals surface area contributed by atoms with Crippen LogP contribution in [0.25, 0.3) is 0 Å². The van der Waals surface area contributed by atoms with E-state index in [1.54, 1.807) is 0 Å². The van der Waals surface area contributed by atoms with Crippen LogP contribution in [0.3, 0.4) is 0 Å². The van der Waals surface area contributed by atoms with Gasteiger partial charge in [-0.15, -0.1) is 0 Å². The van der Waals surface area contributed by atoms with Gasteiger partial charge in [0.25, 0.3) is 0 Å². The second-order valence-electron chi connectivity index (χ2n) is 4.59. The van der Waals surface area contributed by atoms with Crippen LogP contribution in [0.4, 0.5) is 0 Å². The van der Waals surface area contributed by atoms with E-state index in [1.807, 2.05) is 0 Å². The van der Waals surface area contributed by atoms with Crippen molar-refractivity contribution in [2.45, 2.75) is 44.9 Å². The maximum atomic E-state index is 3.59. The molecule has 2 aliphatic carbocycles. The summed E-state index contributed by atoms with van der Waals surface area (Å²) in [5.74, 6) is 2.12. The van der Waals surface area contributed by atoms with Crippen molar-refractivity contribution in [1.82, 2.24) is 5.32 Å². The van der Waals surface area contributed by atoms with Crippen LogP contribution in [0.2, 0.25) is 0 Å². The lowest BCUT2D eigenvalue weighted by molar-refractivity contribution is 0.271. The Hall–Kier alpha value is -0.0400. The molecule has 0 aromatic rings. The van der Waals surface area contributed by atoms with Gasteiger partial charge in [0.1, 0.15) is 0 Å². The van der Waals surface area contributed by atoms with Crippen molar-refractivity contribution in [3.8, 4) is 0 Å². The van der Waals surface area contributed by atoms with Gasteiger partial charge in [-0.25, -0.2) is 0 Å². The fraction of sp³-hybridized carbons (Fsp3) is 1.00. The van der Waals surface area contributed by atoms with E-state index in [9.17, 15) is 0 Å². The van der Waals surface area contributed by atoms with Gasteiger partial charge in [0.05, 0.1) is 0 Å². The van der Waals surface area contributed by atoms with Gasteiger partial charge in [-0.3, -0.25) is 0 Å². The lowest BCUT2D eigenvalue weighted by Crippen LogP contribution is -2.29. The van der Waals surface area contributed by atoms with Crippen LogP contribution >= 0.6 is 0 Å². The van der Waals surface area contributed by atoms with Crippen LogP contribution < -0.4 is 5.32 Å². The molecule has 12 heavy (non-hydrogen) atoms. The van der Waals surface area contributed by atoms with Crippen molar-refractivity contribution in [1.29, 1.82) is 0 Å². The SMILES string of the molecule is C1CC(CCNCC2CCC2)C1. The highest BCUT2D eigenvalue weighted by Gasteiger charge is 2.18. The van der Waals surface area contributed by atoms with E-state index in [1.165, 1.54) is 58.0 Å². The third kappa shape index (κ3) is 2.22. The molecule has 0 aliphatic heterocycles. The molecule has 0 aromatic heterocycles. The van der Waals surface area contributed by atoms with Crippen molar-refractivity contribution in [2.75, 3.05) is 13.1 Å². The van der Waals surface area contributed by atoms with E-state index >= 15 is 0 Å². The second-order valence-corrected chi connectivity index (χ2v) is 4.59.